The lowest BCUT2D eigenvalue weighted by Crippen LogP contribution is -2.30. The summed E-state index contributed by atoms with van der Waals surface area (Å²) < 4.78 is 5.88. The number of ether oxygens (including phenoxy) is 1. The van der Waals surface area contributed by atoms with Crippen molar-refractivity contribution in [3.63, 3.8) is 0 Å². The number of carbonyl (C=O) groups excluding carboxylic acids is 1. The normalized spacial score (nSPS) is 9.67. The van der Waals surface area contributed by atoms with Gasteiger partial charge in [-0.3, -0.25) is 4.79 Å². The lowest BCUT2D eigenvalue weighted by atomic mass is 10.3. The highest BCUT2D eigenvalue weighted by atomic mass is 127. The molecule has 0 bridgehead atoms. The van der Waals surface area contributed by atoms with Gasteiger partial charge in [0.1, 0.15) is 5.75 Å². The molecule has 0 spiro atoms. The fourth-order valence-corrected chi connectivity index (χ4v) is 1.80. The SMILES string of the molecule is COc1ccc(NC(=O)NCCC(=O)O)c(I)c1. The predicted molar refractivity (Wildman–Crippen MR) is 75.0 cm³/mol. The fraction of sp³-hybridized carbons (Fsp3) is 0.273. The van der Waals surface area contributed by atoms with Crippen molar-refractivity contribution in [1.29, 1.82) is 0 Å². The number of hydrogen-bond acceptors (Lipinski definition) is 3. The highest BCUT2D eigenvalue weighted by Gasteiger charge is 2.06. The van der Waals surface area contributed by atoms with Gasteiger partial charge >= 0.3 is 12.0 Å². The van der Waals surface area contributed by atoms with Gasteiger partial charge in [-0.05, 0) is 40.8 Å². The summed E-state index contributed by atoms with van der Waals surface area (Å²) in [5.74, 6) is -0.245. The molecule has 6 nitrogen and oxygen atoms in total. The van der Waals surface area contributed by atoms with Gasteiger partial charge in [0.15, 0.2) is 0 Å². The van der Waals surface area contributed by atoms with E-state index in [-0.39, 0.29) is 13.0 Å². The second kappa shape index (κ2) is 7.04. The van der Waals surface area contributed by atoms with Crippen LogP contribution >= 0.6 is 22.6 Å². The number of amides is 2. The van der Waals surface area contributed by atoms with Crippen LogP contribution in [0.3, 0.4) is 0 Å². The zero-order valence-electron chi connectivity index (χ0n) is 9.70. The van der Waals surface area contributed by atoms with Gasteiger partial charge in [0.2, 0.25) is 0 Å². The molecule has 0 heterocycles. The van der Waals surface area contributed by atoms with Crippen molar-refractivity contribution >= 4 is 40.3 Å². The number of halogens is 1. The van der Waals surface area contributed by atoms with Crippen LogP contribution < -0.4 is 15.4 Å². The van der Waals surface area contributed by atoms with Crippen LogP contribution in [0.5, 0.6) is 5.75 Å². The van der Waals surface area contributed by atoms with Crippen molar-refractivity contribution in [2.24, 2.45) is 0 Å². The fourth-order valence-electron chi connectivity index (χ4n) is 1.17. The molecule has 0 saturated carbocycles. The zero-order valence-corrected chi connectivity index (χ0v) is 11.9. The number of carbonyl (C=O) groups is 2. The molecule has 0 radical (unpaired) electrons. The maximum atomic E-state index is 11.5. The van der Waals surface area contributed by atoms with Crippen molar-refractivity contribution in [1.82, 2.24) is 5.32 Å². The molecular weight excluding hydrogens is 351 g/mol. The largest absolute Gasteiger partial charge is 0.497 e. The van der Waals surface area contributed by atoms with Gasteiger partial charge in [0.25, 0.3) is 0 Å². The number of benzene rings is 1. The molecule has 1 aromatic carbocycles. The lowest BCUT2D eigenvalue weighted by Gasteiger charge is -2.09. The van der Waals surface area contributed by atoms with Gasteiger partial charge in [-0.2, -0.15) is 0 Å². The Labute approximate surface area is 118 Å². The monoisotopic (exact) mass is 364 g/mol. The van der Waals surface area contributed by atoms with E-state index in [0.29, 0.717) is 11.4 Å². The topological polar surface area (TPSA) is 87.7 Å². The third kappa shape index (κ3) is 4.78. The quantitative estimate of drug-likeness (QED) is 0.697. The molecule has 0 aromatic heterocycles. The van der Waals surface area contributed by atoms with Gasteiger partial charge in [0, 0.05) is 10.1 Å². The van der Waals surface area contributed by atoms with E-state index in [1.807, 2.05) is 0 Å². The van der Waals surface area contributed by atoms with Crippen LogP contribution in [0.2, 0.25) is 0 Å². The smallest absolute Gasteiger partial charge is 0.319 e. The molecule has 1 aromatic rings. The van der Waals surface area contributed by atoms with Crippen LogP contribution in [0, 0.1) is 3.57 Å². The molecule has 2 amide bonds. The molecule has 0 saturated heterocycles. The molecule has 0 aliphatic heterocycles. The first-order chi connectivity index (χ1) is 8.52. The summed E-state index contributed by atoms with van der Waals surface area (Å²) in [7, 11) is 1.57. The van der Waals surface area contributed by atoms with Crippen molar-refractivity contribution in [3.05, 3.63) is 21.8 Å². The summed E-state index contributed by atoms with van der Waals surface area (Å²) in [6.07, 6.45) is -0.104. The second-order valence-corrected chi connectivity index (χ2v) is 4.53. The van der Waals surface area contributed by atoms with E-state index in [1.165, 1.54) is 0 Å². The average molecular weight is 364 g/mol. The van der Waals surface area contributed by atoms with E-state index in [1.54, 1.807) is 25.3 Å². The first-order valence-electron chi connectivity index (χ1n) is 5.13. The molecule has 0 unspecified atom stereocenters. The molecule has 0 aliphatic rings. The lowest BCUT2D eigenvalue weighted by molar-refractivity contribution is -0.136. The zero-order chi connectivity index (χ0) is 13.5. The van der Waals surface area contributed by atoms with Crippen LogP contribution in [-0.2, 0) is 4.79 Å². The van der Waals surface area contributed by atoms with Crippen LogP contribution in [0.15, 0.2) is 18.2 Å². The van der Waals surface area contributed by atoms with E-state index in [0.717, 1.165) is 3.57 Å². The van der Waals surface area contributed by atoms with Crippen molar-refractivity contribution in [3.8, 4) is 5.75 Å². The summed E-state index contributed by atoms with van der Waals surface area (Å²) in [4.78, 5) is 21.7. The Hall–Kier alpha value is -1.51. The molecule has 0 aliphatic carbocycles. The van der Waals surface area contributed by atoms with Gasteiger partial charge in [0.05, 0.1) is 19.2 Å². The molecular formula is C11H13IN2O4. The minimum Gasteiger partial charge on any atom is -0.497 e. The number of urea groups is 1. The van der Waals surface area contributed by atoms with Crippen molar-refractivity contribution in [2.75, 3.05) is 19.0 Å². The van der Waals surface area contributed by atoms with E-state index in [9.17, 15) is 9.59 Å². The van der Waals surface area contributed by atoms with Gasteiger partial charge in [-0.25, -0.2) is 4.79 Å². The summed E-state index contributed by atoms with van der Waals surface area (Å²) >= 11 is 2.07. The highest BCUT2D eigenvalue weighted by Crippen LogP contribution is 2.23. The molecule has 18 heavy (non-hydrogen) atoms. The number of carboxylic acid groups (broad SMARTS) is 1. The highest BCUT2D eigenvalue weighted by molar-refractivity contribution is 14.1. The number of hydrogen-bond donors (Lipinski definition) is 3. The Morgan fingerprint density at radius 3 is 2.72 bits per heavy atom. The van der Waals surface area contributed by atoms with Crippen LogP contribution in [0.1, 0.15) is 6.42 Å². The van der Waals surface area contributed by atoms with Crippen molar-refractivity contribution < 1.29 is 19.4 Å². The maximum absolute atomic E-state index is 11.5. The van der Waals surface area contributed by atoms with E-state index < -0.39 is 12.0 Å². The Bertz CT molecular complexity index is 451. The Morgan fingerprint density at radius 1 is 1.44 bits per heavy atom. The third-order valence-electron chi connectivity index (χ3n) is 2.05. The van der Waals surface area contributed by atoms with Crippen LogP contribution in [-0.4, -0.2) is 30.8 Å². The summed E-state index contributed by atoms with van der Waals surface area (Å²) in [5, 5.41) is 13.5. The van der Waals surface area contributed by atoms with E-state index in [2.05, 4.69) is 33.2 Å². The number of aliphatic carboxylic acids is 1. The van der Waals surface area contributed by atoms with Gasteiger partial charge < -0.3 is 20.5 Å². The molecule has 98 valence electrons. The average Bonchev–Trinajstić information content (AvgIpc) is 2.31. The van der Waals surface area contributed by atoms with Crippen LogP contribution in [0.25, 0.3) is 0 Å². The first-order valence-corrected chi connectivity index (χ1v) is 6.21. The van der Waals surface area contributed by atoms with Gasteiger partial charge in [-0.15, -0.1) is 0 Å². The number of rotatable bonds is 5. The standard InChI is InChI=1S/C11H13IN2O4/c1-18-7-2-3-9(8(12)6-7)14-11(17)13-5-4-10(15)16/h2-3,6H,4-5H2,1H3,(H,15,16)(H2,13,14,17). The predicted octanol–water partition coefficient (Wildman–Crippen LogP) is 1.90. The Morgan fingerprint density at radius 2 is 2.17 bits per heavy atom. The number of carboxylic acids is 1. The first kappa shape index (κ1) is 14.6. The molecule has 1 rings (SSSR count). The summed E-state index contributed by atoms with van der Waals surface area (Å²) in [6.45, 7) is 0.0912. The molecule has 0 fully saturated rings. The van der Waals surface area contributed by atoms with Crippen LogP contribution in [0.4, 0.5) is 10.5 Å². The minimum absolute atomic E-state index is 0.0912. The van der Waals surface area contributed by atoms with Crippen molar-refractivity contribution in [2.45, 2.75) is 6.42 Å². The van der Waals surface area contributed by atoms with E-state index in [4.69, 9.17) is 9.84 Å². The maximum Gasteiger partial charge on any atom is 0.319 e. The number of methoxy groups -OCH3 is 1. The summed E-state index contributed by atoms with van der Waals surface area (Å²) in [5.41, 5.74) is 0.643. The second-order valence-electron chi connectivity index (χ2n) is 3.37. The van der Waals surface area contributed by atoms with E-state index >= 15 is 0 Å². The number of anilines is 1. The third-order valence-corrected chi connectivity index (χ3v) is 2.94. The molecule has 0 atom stereocenters. The number of nitrogens with one attached hydrogen (secondary N) is 2. The Balaban J connectivity index is 2.51. The Kier molecular flexibility index (Phi) is 5.69. The molecule has 3 N–H and O–H groups in total. The van der Waals surface area contributed by atoms with Gasteiger partial charge in [-0.1, -0.05) is 0 Å². The minimum atomic E-state index is -0.950. The summed E-state index contributed by atoms with van der Waals surface area (Å²) in [6, 6.07) is 4.80. The molecule has 7 heteroatoms.